The van der Waals surface area contributed by atoms with Gasteiger partial charge in [-0.3, -0.25) is 0 Å². The van der Waals surface area contributed by atoms with Crippen LogP contribution in [0.3, 0.4) is 0 Å². The SMILES string of the molecule is CCOC1C(Cl)CC1Oc1c(C)cc(Cl)cc1C. The Balaban J connectivity index is 2.10. The summed E-state index contributed by atoms with van der Waals surface area (Å²) < 4.78 is 11.6. The van der Waals surface area contributed by atoms with E-state index in [4.69, 9.17) is 32.7 Å². The lowest BCUT2D eigenvalue weighted by Crippen LogP contribution is -2.52. The maximum atomic E-state index is 6.13. The Bertz CT molecular complexity index is 411. The maximum absolute atomic E-state index is 6.13. The summed E-state index contributed by atoms with van der Waals surface area (Å²) in [6, 6.07) is 3.83. The van der Waals surface area contributed by atoms with Crippen molar-refractivity contribution in [3.8, 4) is 5.75 Å². The van der Waals surface area contributed by atoms with Gasteiger partial charge in [-0.05, 0) is 44.0 Å². The third-order valence-corrected chi connectivity index (χ3v) is 3.88. The van der Waals surface area contributed by atoms with E-state index in [0.29, 0.717) is 6.61 Å². The molecule has 100 valence electrons. The van der Waals surface area contributed by atoms with Gasteiger partial charge in [0.05, 0.1) is 5.38 Å². The fourth-order valence-electron chi connectivity index (χ4n) is 2.28. The maximum Gasteiger partial charge on any atom is 0.128 e. The molecule has 2 rings (SSSR count). The van der Waals surface area contributed by atoms with E-state index in [0.717, 1.165) is 28.3 Å². The van der Waals surface area contributed by atoms with Gasteiger partial charge in [-0.15, -0.1) is 11.6 Å². The summed E-state index contributed by atoms with van der Waals surface area (Å²) in [5, 5.41) is 0.797. The third-order valence-electron chi connectivity index (χ3n) is 3.23. The molecule has 1 saturated carbocycles. The highest BCUT2D eigenvalue weighted by Crippen LogP contribution is 2.36. The molecule has 1 aliphatic carbocycles. The molecule has 1 fully saturated rings. The van der Waals surface area contributed by atoms with Crippen LogP contribution in [0.1, 0.15) is 24.5 Å². The topological polar surface area (TPSA) is 18.5 Å². The van der Waals surface area contributed by atoms with Crippen molar-refractivity contribution in [3.63, 3.8) is 0 Å². The van der Waals surface area contributed by atoms with Gasteiger partial charge in [-0.1, -0.05) is 11.6 Å². The van der Waals surface area contributed by atoms with Crippen molar-refractivity contribution >= 4 is 23.2 Å². The van der Waals surface area contributed by atoms with E-state index >= 15 is 0 Å². The van der Waals surface area contributed by atoms with E-state index in [9.17, 15) is 0 Å². The van der Waals surface area contributed by atoms with Crippen LogP contribution in [-0.4, -0.2) is 24.2 Å². The Morgan fingerprint density at radius 2 is 1.89 bits per heavy atom. The summed E-state index contributed by atoms with van der Waals surface area (Å²) >= 11 is 12.1. The van der Waals surface area contributed by atoms with Gasteiger partial charge in [0.2, 0.25) is 0 Å². The molecule has 1 aromatic carbocycles. The molecule has 0 aromatic heterocycles. The van der Waals surface area contributed by atoms with Crippen LogP contribution in [0.25, 0.3) is 0 Å². The molecule has 3 unspecified atom stereocenters. The Morgan fingerprint density at radius 3 is 2.39 bits per heavy atom. The van der Waals surface area contributed by atoms with Gasteiger partial charge in [0.25, 0.3) is 0 Å². The van der Waals surface area contributed by atoms with Gasteiger partial charge in [-0.25, -0.2) is 0 Å². The second kappa shape index (κ2) is 5.68. The van der Waals surface area contributed by atoms with Crippen molar-refractivity contribution in [3.05, 3.63) is 28.3 Å². The Morgan fingerprint density at radius 1 is 1.28 bits per heavy atom. The number of rotatable bonds is 4. The quantitative estimate of drug-likeness (QED) is 0.776. The first-order valence-electron chi connectivity index (χ1n) is 6.22. The summed E-state index contributed by atoms with van der Waals surface area (Å²) in [5.41, 5.74) is 2.10. The minimum atomic E-state index is -0.00820. The molecule has 0 heterocycles. The molecule has 0 amide bonds. The van der Waals surface area contributed by atoms with Crippen molar-refractivity contribution in [1.82, 2.24) is 0 Å². The molecule has 1 aromatic rings. The molecular formula is C14H18Cl2O2. The van der Waals surface area contributed by atoms with Gasteiger partial charge in [-0.2, -0.15) is 0 Å². The second-order valence-corrected chi connectivity index (χ2v) is 5.69. The van der Waals surface area contributed by atoms with Gasteiger partial charge >= 0.3 is 0 Å². The molecule has 0 N–H and O–H groups in total. The molecule has 0 spiro atoms. The molecule has 3 atom stereocenters. The van der Waals surface area contributed by atoms with Gasteiger partial charge < -0.3 is 9.47 Å². The van der Waals surface area contributed by atoms with E-state index in [2.05, 4.69) is 0 Å². The number of hydrogen-bond donors (Lipinski definition) is 0. The average molecular weight is 289 g/mol. The molecule has 2 nitrogen and oxygen atoms in total. The fraction of sp³-hybridized carbons (Fsp3) is 0.571. The number of benzene rings is 1. The molecule has 0 aliphatic heterocycles. The van der Waals surface area contributed by atoms with Crippen LogP contribution in [0.2, 0.25) is 5.02 Å². The Labute approximate surface area is 118 Å². The predicted octanol–water partition coefficient (Wildman–Crippen LogP) is 4.12. The normalized spacial score (nSPS) is 26.8. The Hall–Kier alpha value is -0.440. The Kier molecular flexibility index (Phi) is 4.41. The van der Waals surface area contributed by atoms with Crippen molar-refractivity contribution in [1.29, 1.82) is 0 Å². The summed E-state index contributed by atoms with van der Waals surface area (Å²) in [6.45, 7) is 6.63. The van der Waals surface area contributed by atoms with E-state index in [-0.39, 0.29) is 17.6 Å². The van der Waals surface area contributed by atoms with Crippen LogP contribution in [0.4, 0.5) is 0 Å². The third kappa shape index (κ3) is 2.76. The first-order valence-corrected chi connectivity index (χ1v) is 7.03. The van der Waals surface area contributed by atoms with Crippen LogP contribution in [0.15, 0.2) is 12.1 Å². The second-order valence-electron chi connectivity index (χ2n) is 4.70. The lowest BCUT2D eigenvalue weighted by atomic mass is 9.90. The lowest BCUT2D eigenvalue weighted by Gasteiger charge is -2.40. The van der Waals surface area contributed by atoms with E-state index in [1.807, 2.05) is 32.9 Å². The van der Waals surface area contributed by atoms with Crippen molar-refractivity contribution < 1.29 is 9.47 Å². The van der Waals surface area contributed by atoms with Crippen LogP contribution >= 0.6 is 23.2 Å². The summed E-state index contributed by atoms with van der Waals surface area (Å²) in [4.78, 5) is 0. The summed E-state index contributed by atoms with van der Waals surface area (Å²) in [6.07, 6.45) is 0.866. The minimum Gasteiger partial charge on any atom is -0.487 e. The first kappa shape index (κ1) is 14.0. The number of alkyl halides is 1. The predicted molar refractivity (Wildman–Crippen MR) is 75.0 cm³/mol. The zero-order valence-corrected chi connectivity index (χ0v) is 12.4. The highest BCUT2D eigenvalue weighted by molar-refractivity contribution is 6.30. The van der Waals surface area contributed by atoms with Crippen molar-refractivity contribution in [2.24, 2.45) is 0 Å². The summed E-state index contributed by atoms with van der Waals surface area (Å²) in [5.74, 6) is 0.901. The molecular weight excluding hydrogens is 271 g/mol. The molecule has 4 heteroatoms. The smallest absolute Gasteiger partial charge is 0.128 e. The largest absolute Gasteiger partial charge is 0.487 e. The summed E-state index contributed by atoms with van der Waals surface area (Å²) in [7, 11) is 0. The number of halogens is 2. The minimum absolute atomic E-state index is 0.00820. The zero-order valence-electron chi connectivity index (χ0n) is 10.9. The standard InChI is InChI=1S/C14H18Cl2O2/c1-4-17-14-11(16)7-12(14)18-13-8(2)5-10(15)6-9(13)3/h5-6,11-12,14H,4,7H2,1-3H3. The van der Waals surface area contributed by atoms with Crippen LogP contribution in [-0.2, 0) is 4.74 Å². The highest BCUT2D eigenvalue weighted by Gasteiger charge is 2.42. The van der Waals surface area contributed by atoms with Crippen LogP contribution in [0.5, 0.6) is 5.75 Å². The van der Waals surface area contributed by atoms with Gasteiger partial charge in [0, 0.05) is 18.1 Å². The molecule has 18 heavy (non-hydrogen) atoms. The van der Waals surface area contributed by atoms with Crippen molar-refractivity contribution in [2.45, 2.75) is 44.8 Å². The van der Waals surface area contributed by atoms with Gasteiger partial charge in [0.15, 0.2) is 0 Å². The number of aryl methyl sites for hydroxylation is 2. The first-order chi connectivity index (χ1) is 8.52. The van der Waals surface area contributed by atoms with Crippen LogP contribution < -0.4 is 4.74 Å². The molecule has 0 bridgehead atoms. The van der Waals surface area contributed by atoms with E-state index < -0.39 is 0 Å². The van der Waals surface area contributed by atoms with Crippen LogP contribution in [0, 0.1) is 13.8 Å². The zero-order chi connectivity index (χ0) is 13.3. The number of ether oxygens (including phenoxy) is 2. The van der Waals surface area contributed by atoms with E-state index in [1.54, 1.807) is 0 Å². The fourth-order valence-corrected chi connectivity index (χ4v) is 3.02. The van der Waals surface area contributed by atoms with Gasteiger partial charge in [0.1, 0.15) is 18.0 Å². The van der Waals surface area contributed by atoms with Crippen molar-refractivity contribution in [2.75, 3.05) is 6.61 Å². The monoisotopic (exact) mass is 288 g/mol. The molecule has 1 aliphatic rings. The molecule has 0 radical (unpaired) electrons. The average Bonchev–Trinajstić information content (AvgIpc) is 2.29. The number of hydrogen-bond acceptors (Lipinski definition) is 2. The lowest BCUT2D eigenvalue weighted by molar-refractivity contribution is -0.0763. The highest BCUT2D eigenvalue weighted by atomic mass is 35.5. The van der Waals surface area contributed by atoms with E-state index in [1.165, 1.54) is 0 Å². The molecule has 0 saturated heterocycles.